The van der Waals surface area contributed by atoms with Crippen molar-refractivity contribution in [3.8, 4) is 11.5 Å². The maximum absolute atomic E-state index is 13.6. The summed E-state index contributed by atoms with van der Waals surface area (Å²) >= 11 is 0. The van der Waals surface area contributed by atoms with E-state index in [1.807, 2.05) is 19.6 Å². The lowest BCUT2D eigenvalue weighted by Crippen LogP contribution is -2.16. The lowest BCUT2D eigenvalue weighted by Gasteiger charge is -2.06. The maximum atomic E-state index is 13.6. The first-order valence-electron chi connectivity index (χ1n) is 5.46. The third-order valence-electron chi connectivity index (χ3n) is 2.13. The molecular formula is C12H14F2O3SSi. The Balaban J connectivity index is 3.48. The monoisotopic (exact) mass is 304 g/mol. The molecule has 1 rings (SSSR count). The van der Waals surface area contributed by atoms with Gasteiger partial charge in [0.1, 0.15) is 18.8 Å². The van der Waals surface area contributed by atoms with Crippen molar-refractivity contribution < 1.29 is 21.8 Å². The Morgan fingerprint density at radius 2 is 1.89 bits per heavy atom. The molecule has 0 aliphatic carbocycles. The fraction of sp³-hybridized carbons (Fsp3) is 0.333. The molecule has 0 radical (unpaired) electrons. The summed E-state index contributed by atoms with van der Waals surface area (Å²) in [5.41, 5.74) is 2.83. The van der Waals surface area contributed by atoms with Gasteiger partial charge in [-0.1, -0.05) is 25.6 Å². The van der Waals surface area contributed by atoms with Crippen LogP contribution in [0.25, 0.3) is 0 Å². The van der Waals surface area contributed by atoms with Crippen molar-refractivity contribution in [1.82, 2.24) is 0 Å². The molecule has 0 spiro atoms. The second-order valence-electron chi connectivity index (χ2n) is 5.04. The van der Waals surface area contributed by atoms with Crippen LogP contribution in [-0.4, -0.2) is 21.6 Å². The molecule has 0 bridgehead atoms. The van der Waals surface area contributed by atoms with Gasteiger partial charge in [0.15, 0.2) is 0 Å². The van der Waals surface area contributed by atoms with Gasteiger partial charge in [-0.3, -0.25) is 0 Å². The quantitative estimate of drug-likeness (QED) is 0.518. The Bertz CT molecular complexity index is 652. The second-order valence-corrected chi connectivity index (χ2v) is 11.1. The Hall–Kier alpha value is -1.23. The van der Waals surface area contributed by atoms with Crippen LogP contribution in [0.3, 0.4) is 0 Å². The van der Waals surface area contributed by atoms with E-state index < -0.39 is 35.6 Å². The van der Waals surface area contributed by atoms with Crippen molar-refractivity contribution in [1.29, 1.82) is 0 Å². The predicted octanol–water partition coefficient (Wildman–Crippen LogP) is 2.21. The highest BCUT2D eigenvalue weighted by molar-refractivity contribution is 7.86. The molecule has 0 heterocycles. The van der Waals surface area contributed by atoms with Gasteiger partial charge in [-0.15, -0.1) is 9.43 Å². The molecule has 0 fully saturated rings. The number of hydrogen-bond donors (Lipinski definition) is 1. The summed E-state index contributed by atoms with van der Waals surface area (Å²) in [6, 6.07) is 2.06. The minimum absolute atomic E-state index is 0.170. The summed E-state index contributed by atoms with van der Waals surface area (Å²) in [7, 11) is -6.89. The normalized spacial score (nSPS) is 11.9. The van der Waals surface area contributed by atoms with Gasteiger partial charge in [-0.2, -0.15) is 8.42 Å². The molecule has 1 aromatic rings. The molecule has 7 heteroatoms. The summed E-state index contributed by atoms with van der Waals surface area (Å²) < 4.78 is 48.3. The van der Waals surface area contributed by atoms with Gasteiger partial charge < -0.3 is 5.11 Å². The first-order chi connectivity index (χ1) is 8.54. The predicted molar refractivity (Wildman–Crippen MR) is 70.8 cm³/mol. The fourth-order valence-corrected chi connectivity index (χ4v) is 2.41. The largest absolute Gasteiger partial charge is 0.392 e. The Morgan fingerprint density at radius 3 is 2.32 bits per heavy atom. The van der Waals surface area contributed by atoms with Crippen molar-refractivity contribution in [3.63, 3.8) is 0 Å². The van der Waals surface area contributed by atoms with Gasteiger partial charge in [0.2, 0.25) is 0 Å². The molecular weight excluding hydrogens is 290 g/mol. The fourth-order valence-electron chi connectivity index (χ4n) is 1.28. The highest BCUT2D eigenvalue weighted by atomic mass is 32.3. The molecule has 0 amide bonds. The van der Waals surface area contributed by atoms with Crippen LogP contribution < -0.4 is 0 Å². The van der Waals surface area contributed by atoms with Gasteiger partial charge in [0.25, 0.3) is 0 Å². The molecule has 0 saturated heterocycles. The zero-order valence-corrected chi connectivity index (χ0v) is 12.6. The zero-order chi connectivity index (χ0) is 14.8. The number of hydrogen-bond acceptors (Lipinski definition) is 3. The molecule has 1 N–H and O–H groups in total. The highest BCUT2D eigenvalue weighted by Crippen LogP contribution is 2.22. The highest BCUT2D eigenvalue weighted by Gasteiger charge is 2.21. The number of halogens is 2. The van der Waals surface area contributed by atoms with E-state index >= 15 is 0 Å². The van der Waals surface area contributed by atoms with E-state index in [-0.39, 0.29) is 11.1 Å². The number of rotatable bonds is 2. The van der Waals surface area contributed by atoms with Gasteiger partial charge >= 0.3 is 10.2 Å². The Kier molecular flexibility index (Phi) is 4.50. The minimum Gasteiger partial charge on any atom is -0.392 e. The molecule has 104 valence electrons. The maximum Gasteiger partial charge on any atom is 0.335 e. The molecule has 0 unspecified atom stereocenters. The number of aliphatic hydroxyl groups is 1. The van der Waals surface area contributed by atoms with Gasteiger partial charge in [0, 0.05) is 11.1 Å². The third kappa shape index (κ3) is 4.42. The van der Waals surface area contributed by atoms with Crippen LogP contribution in [0.2, 0.25) is 19.6 Å². The summed E-state index contributed by atoms with van der Waals surface area (Å²) in [5.74, 6) is 1.43. The van der Waals surface area contributed by atoms with Crippen LogP contribution in [0.5, 0.6) is 0 Å². The summed E-state index contributed by atoms with van der Waals surface area (Å²) in [4.78, 5) is -1.08. The molecule has 1 aromatic carbocycles. The van der Waals surface area contributed by atoms with Crippen LogP contribution in [0.1, 0.15) is 11.1 Å². The van der Waals surface area contributed by atoms with Crippen LogP contribution in [-0.2, 0) is 16.8 Å². The van der Waals surface area contributed by atoms with Crippen molar-refractivity contribution in [2.45, 2.75) is 31.1 Å². The van der Waals surface area contributed by atoms with Crippen molar-refractivity contribution in [2.75, 3.05) is 0 Å². The van der Waals surface area contributed by atoms with Crippen molar-refractivity contribution >= 4 is 18.3 Å². The summed E-state index contributed by atoms with van der Waals surface area (Å²) in [6.07, 6.45) is 0. The number of aliphatic hydroxyl groups excluding tert-OH is 1. The van der Waals surface area contributed by atoms with Gasteiger partial charge in [-0.05, 0) is 12.1 Å². The van der Waals surface area contributed by atoms with Gasteiger partial charge in [0.05, 0.1) is 6.61 Å². The van der Waals surface area contributed by atoms with Crippen LogP contribution >= 0.6 is 0 Å². The Labute approximate surface area is 112 Å². The van der Waals surface area contributed by atoms with Crippen LogP contribution in [0.4, 0.5) is 8.28 Å². The third-order valence-corrected chi connectivity index (χ3v) is 3.83. The van der Waals surface area contributed by atoms with E-state index in [0.29, 0.717) is 0 Å². The smallest absolute Gasteiger partial charge is 0.335 e. The second kappa shape index (κ2) is 5.41. The topological polar surface area (TPSA) is 54.4 Å². The minimum atomic E-state index is -5.18. The zero-order valence-electron chi connectivity index (χ0n) is 10.8. The van der Waals surface area contributed by atoms with E-state index in [1.165, 1.54) is 6.07 Å². The average molecular weight is 304 g/mol. The van der Waals surface area contributed by atoms with Crippen LogP contribution in [0, 0.1) is 17.3 Å². The molecule has 3 nitrogen and oxygen atoms in total. The molecule has 0 atom stereocenters. The van der Waals surface area contributed by atoms with Crippen LogP contribution in [0.15, 0.2) is 17.0 Å². The van der Waals surface area contributed by atoms with E-state index in [1.54, 1.807) is 0 Å². The van der Waals surface area contributed by atoms with E-state index in [0.717, 1.165) is 6.07 Å². The molecule has 0 saturated carbocycles. The molecule has 0 aliphatic heterocycles. The molecule has 19 heavy (non-hydrogen) atoms. The lowest BCUT2D eigenvalue weighted by atomic mass is 10.1. The lowest BCUT2D eigenvalue weighted by molar-refractivity contribution is 0.274. The SMILES string of the molecule is C[Si](C)(C)C#Cc1cc(CO)c(F)c(S(=O)(=O)F)c1. The first kappa shape index (κ1) is 15.8. The van der Waals surface area contributed by atoms with Crippen molar-refractivity contribution in [2.24, 2.45) is 0 Å². The molecule has 0 aliphatic rings. The summed E-state index contributed by atoms with van der Waals surface area (Å²) in [6.45, 7) is 5.20. The standard InChI is InChI=1S/C12H14F2O3SSi/c1-19(2,3)5-4-9-6-10(8-15)12(13)11(7-9)18(14,16)17/h6-7,15H,8H2,1-3H3. The summed E-state index contributed by atoms with van der Waals surface area (Å²) in [5, 5.41) is 8.96. The first-order valence-corrected chi connectivity index (χ1v) is 10.3. The van der Waals surface area contributed by atoms with E-state index in [4.69, 9.17) is 5.11 Å². The Morgan fingerprint density at radius 1 is 1.32 bits per heavy atom. The molecule has 0 aromatic heterocycles. The average Bonchev–Trinajstić information content (AvgIpc) is 2.25. The van der Waals surface area contributed by atoms with Crippen molar-refractivity contribution in [3.05, 3.63) is 29.1 Å². The van der Waals surface area contributed by atoms with E-state index in [2.05, 4.69) is 11.5 Å². The number of benzene rings is 1. The van der Waals surface area contributed by atoms with Gasteiger partial charge in [-0.25, -0.2) is 4.39 Å². The van der Waals surface area contributed by atoms with E-state index in [9.17, 15) is 16.7 Å².